The van der Waals surface area contributed by atoms with Gasteiger partial charge in [-0.3, -0.25) is 4.90 Å². The minimum absolute atomic E-state index is 0.732. The largest absolute Gasteiger partial charge is 0.311 e. The zero-order valence-corrected chi connectivity index (χ0v) is 11.6. The number of hydrogen-bond donors (Lipinski definition) is 1. The maximum atomic E-state index is 3.64. The van der Waals surface area contributed by atoms with Gasteiger partial charge in [0.05, 0.1) is 0 Å². The molecule has 1 heterocycles. The van der Waals surface area contributed by atoms with Gasteiger partial charge < -0.3 is 5.32 Å². The molecular formula is C14H30N2. The van der Waals surface area contributed by atoms with Gasteiger partial charge in [0.2, 0.25) is 0 Å². The Kier molecular flexibility index (Phi) is 6.37. The predicted molar refractivity (Wildman–Crippen MR) is 71.8 cm³/mol. The molecule has 1 rings (SSSR count). The van der Waals surface area contributed by atoms with Gasteiger partial charge in [-0.15, -0.1) is 0 Å². The molecular weight excluding hydrogens is 196 g/mol. The van der Waals surface area contributed by atoms with Crippen LogP contribution in [0, 0.1) is 5.92 Å². The highest BCUT2D eigenvalue weighted by Gasteiger charge is 2.25. The van der Waals surface area contributed by atoms with Crippen molar-refractivity contribution >= 4 is 0 Å². The van der Waals surface area contributed by atoms with E-state index in [1.807, 2.05) is 0 Å². The molecule has 2 heteroatoms. The van der Waals surface area contributed by atoms with Gasteiger partial charge in [-0.25, -0.2) is 0 Å². The molecule has 1 aliphatic rings. The Labute approximate surface area is 102 Å². The molecule has 0 aromatic rings. The number of hydrogen-bond acceptors (Lipinski definition) is 2. The molecule has 1 saturated heterocycles. The van der Waals surface area contributed by atoms with Crippen molar-refractivity contribution < 1.29 is 0 Å². The van der Waals surface area contributed by atoms with Gasteiger partial charge in [-0.2, -0.15) is 0 Å². The van der Waals surface area contributed by atoms with Crippen LogP contribution in [0.1, 0.15) is 53.4 Å². The SMILES string of the molecule is CCCC1CN(C(C)C(CC)CC)CCN1. The maximum absolute atomic E-state index is 3.64. The second-order valence-corrected chi connectivity index (χ2v) is 5.25. The number of nitrogens with one attached hydrogen (secondary N) is 1. The molecule has 2 unspecified atom stereocenters. The van der Waals surface area contributed by atoms with Crippen LogP contribution in [0.2, 0.25) is 0 Å². The quantitative estimate of drug-likeness (QED) is 0.749. The molecule has 0 radical (unpaired) electrons. The van der Waals surface area contributed by atoms with E-state index in [1.54, 1.807) is 0 Å². The summed E-state index contributed by atoms with van der Waals surface area (Å²) in [5, 5.41) is 3.64. The summed E-state index contributed by atoms with van der Waals surface area (Å²) in [7, 11) is 0. The third-order valence-corrected chi connectivity index (χ3v) is 4.23. The van der Waals surface area contributed by atoms with Crippen molar-refractivity contribution in [3.8, 4) is 0 Å². The van der Waals surface area contributed by atoms with Gasteiger partial charge in [0, 0.05) is 31.7 Å². The fourth-order valence-corrected chi connectivity index (χ4v) is 3.03. The molecule has 2 nitrogen and oxygen atoms in total. The second kappa shape index (κ2) is 7.29. The third kappa shape index (κ3) is 3.74. The van der Waals surface area contributed by atoms with Crippen LogP contribution in [0.25, 0.3) is 0 Å². The van der Waals surface area contributed by atoms with Crippen molar-refractivity contribution in [2.24, 2.45) is 5.92 Å². The molecule has 0 bridgehead atoms. The van der Waals surface area contributed by atoms with Gasteiger partial charge in [-0.1, -0.05) is 40.0 Å². The molecule has 0 saturated carbocycles. The van der Waals surface area contributed by atoms with Gasteiger partial charge in [0.1, 0.15) is 0 Å². The van der Waals surface area contributed by atoms with Crippen LogP contribution in [0.4, 0.5) is 0 Å². The Balaban J connectivity index is 2.45. The highest BCUT2D eigenvalue weighted by Crippen LogP contribution is 2.20. The number of nitrogens with zero attached hydrogens (tertiary/aromatic N) is 1. The van der Waals surface area contributed by atoms with E-state index in [-0.39, 0.29) is 0 Å². The monoisotopic (exact) mass is 226 g/mol. The lowest BCUT2D eigenvalue weighted by Gasteiger charge is -2.40. The average molecular weight is 226 g/mol. The minimum atomic E-state index is 0.732. The Morgan fingerprint density at radius 1 is 1.25 bits per heavy atom. The van der Waals surface area contributed by atoms with E-state index in [9.17, 15) is 0 Å². The van der Waals surface area contributed by atoms with E-state index in [1.165, 1.54) is 45.3 Å². The summed E-state index contributed by atoms with van der Waals surface area (Å²) in [4.78, 5) is 2.70. The van der Waals surface area contributed by atoms with Crippen LogP contribution in [0.15, 0.2) is 0 Å². The van der Waals surface area contributed by atoms with Crippen LogP contribution < -0.4 is 5.32 Å². The summed E-state index contributed by atoms with van der Waals surface area (Å²) in [5.74, 6) is 0.875. The summed E-state index contributed by atoms with van der Waals surface area (Å²) < 4.78 is 0. The summed E-state index contributed by atoms with van der Waals surface area (Å²) in [6, 6.07) is 1.49. The minimum Gasteiger partial charge on any atom is -0.311 e. The van der Waals surface area contributed by atoms with E-state index in [0.29, 0.717) is 0 Å². The first-order chi connectivity index (χ1) is 7.72. The smallest absolute Gasteiger partial charge is 0.0195 e. The number of piperazine rings is 1. The molecule has 1 aliphatic heterocycles. The third-order valence-electron chi connectivity index (χ3n) is 4.23. The fourth-order valence-electron chi connectivity index (χ4n) is 3.03. The van der Waals surface area contributed by atoms with Crippen LogP contribution in [0.5, 0.6) is 0 Å². The average Bonchev–Trinajstić information content (AvgIpc) is 2.31. The summed E-state index contributed by atoms with van der Waals surface area (Å²) in [6.45, 7) is 13.0. The van der Waals surface area contributed by atoms with E-state index in [4.69, 9.17) is 0 Å². The van der Waals surface area contributed by atoms with E-state index >= 15 is 0 Å². The second-order valence-electron chi connectivity index (χ2n) is 5.25. The van der Waals surface area contributed by atoms with E-state index in [2.05, 4.69) is 37.9 Å². The van der Waals surface area contributed by atoms with Crippen LogP contribution in [-0.4, -0.2) is 36.6 Å². The first-order valence-electron chi connectivity index (χ1n) is 7.20. The molecule has 96 valence electrons. The van der Waals surface area contributed by atoms with Crippen molar-refractivity contribution in [1.29, 1.82) is 0 Å². The van der Waals surface area contributed by atoms with Crippen molar-refractivity contribution in [2.45, 2.75) is 65.5 Å². The van der Waals surface area contributed by atoms with Crippen LogP contribution in [0.3, 0.4) is 0 Å². The maximum Gasteiger partial charge on any atom is 0.0195 e. The summed E-state index contributed by atoms with van der Waals surface area (Å²) in [6.07, 6.45) is 5.26. The normalized spacial score (nSPS) is 24.9. The van der Waals surface area contributed by atoms with Gasteiger partial charge in [-0.05, 0) is 19.3 Å². The van der Waals surface area contributed by atoms with Crippen molar-refractivity contribution in [2.75, 3.05) is 19.6 Å². The Morgan fingerprint density at radius 3 is 2.50 bits per heavy atom. The lowest BCUT2D eigenvalue weighted by molar-refractivity contribution is 0.107. The Morgan fingerprint density at radius 2 is 1.94 bits per heavy atom. The first-order valence-corrected chi connectivity index (χ1v) is 7.20. The Bertz CT molecular complexity index is 176. The van der Waals surface area contributed by atoms with Crippen LogP contribution in [-0.2, 0) is 0 Å². The van der Waals surface area contributed by atoms with Crippen LogP contribution >= 0.6 is 0 Å². The molecule has 0 amide bonds. The molecule has 2 atom stereocenters. The fraction of sp³-hybridized carbons (Fsp3) is 1.00. The van der Waals surface area contributed by atoms with E-state index in [0.717, 1.165) is 18.0 Å². The predicted octanol–water partition coefficient (Wildman–Crippen LogP) is 2.89. The highest BCUT2D eigenvalue weighted by atomic mass is 15.2. The summed E-state index contributed by atoms with van der Waals surface area (Å²) >= 11 is 0. The summed E-state index contributed by atoms with van der Waals surface area (Å²) in [5.41, 5.74) is 0. The lowest BCUT2D eigenvalue weighted by Crippen LogP contribution is -2.54. The zero-order chi connectivity index (χ0) is 12.0. The molecule has 0 spiro atoms. The standard InChI is InChI=1S/C14H30N2/c1-5-8-14-11-16(10-9-15-14)12(4)13(6-2)7-3/h12-15H,5-11H2,1-4H3. The Hall–Kier alpha value is -0.0800. The lowest BCUT2D eigenvalue weighted by atomic mass is 9.93. The van der Waals surface area contributed by atoms with Gasteiger partial charge >= 0.3 is 0 Å². The molecule has 16 heavy (non-hydrogen) atoms. The number of rotatable bonds is 6. The van der Waals surface area contributed by atoms with Gasteiger partial charge in [0.15, 0.2) is 0 Å². The van der Waals surface area contributed by atoms with E-state index < -0.39 is 0 Å². The molecule has 0 aromatic carbocycles. The van der Waals surface area contributed by atoms with Crippen molar-refractivity contribution in [1.82, 2.24) is 10.2 Å². The molecule has 0 aromatic heterocycles. The topological polar surface area (TPSA) is 15.3 Å². The van der Waals surface area contributed by atoms with Gasteiger partial charge in [0.25, 0.3) is 0 Å². The molecule has 0 aliphatic carbocycles. The highest BCUT2D eigenvalue weighted by molar-refractivity contribution is 4.83. The van der Waals surface area contributed by atoms with Crippen molar-refractivity contribution in [3.63, 3.8) is 0 Å². The zero-order valence-electron chi connectivity index (χ0n) is 11.6. The molecule has 1 fully saturated rings. The first kappa shape index (κ1) is 14.0. The molecule has 1 N–H and O–H groups in total. The van der Waals surface area contributed by atoms with Crippen molar-refractivity contribution in [3.05, 3.63) is 0 Å².